The lowest BCUT2D eigenvalue weighted by atomic mass is 9.86. The fourth-order valence-electron chi connectivity index (χ4n) is 2.82. The van der Waals surface area contributed by atoms with E-state index in [0.717, 1.165) is 43.5 Å². The highest BCUT2D eigenvalue weighted by molar-refractivity contribution is 5.88. The Morgan fingerprint density at radius 3 is 2.86 bits per heavy atom. The average molecular weight is 292 g/mol. The smallest absolute Gasteiger partial charge is 0.411 e. The minimum absolute atomic E-state index is 0.465. The molecule has 0 heterocycles. The molecular formula is C16H24N2O3. The van der Waals surface area contributed by atoms with Gasteiger partial charge in [0.1, 0.15) is 5.75 Å². The van der Waals surface area contributed by atoms with E-state index in [1.807, 2.05) is 6.07 Å². The molecule has 0 saturated heterocycles. The molecule has 0 unspecified atom stereocenters. The van der Waals surface area contributed by atoms with Gasteiger partial charge in [0.15, 0.2) is 0 Å². The fourth-order valence-corrected chi connectivity index (χ4v) is 2.82. The van der Waals surface area contributed by atoms with E-state index in [1.54, 1.807) is 7.11 Å². The number of amides is 1. The number of carbonyl (C=O) groups excluding carboxylic acids is 1. The van der Waals surface area contributed by atoms with Crippen LogP contribution in [0.1, 0.15) is 30.9 Å². The van der Waals surface area contributed by atoms with E-state index in [2.05, 4.69) is 23.6 Å². The van der Waals surface area contributed by atoms with Gasteiger partial charge in [0, 0.05) is 6.04 Å². The monoisotopic (exact) mass is 292 g/mol. The molecule has 1 aromatic rings. The van der Waals surface area contributed by atoms with Crippen LogP contribution in [0.15, 0.2) is 12.1 Å². The zero-order valence-corrected chi connectivity index (χ0v) is 13.0. The summed E-state index contributed by atoms with van der Waals surface area (Å²) in [5.41, 5.74) is 3.17. The molecule has 0 saturated carbocycles. The zero-order valence-electron chi connectivity index (χ0n) is 13.0. The number of rotatable bonds is 5. The van der Waals surface area contributed by atoms with Crippen molar-refractivity contribution >= 4 is 11.8 Å². The predicted octanol–water partition coefficient (Wildman–Crippen LogP) is 2.73. The number of nitrogens with one attached hydrogen (secondary N) is 2. The molecule has 5 heteroatoms. The molecule has 0 spiro atoms. The van der Waals surface area contributed by atoms with Crippen molar-refractivity contribution in [3.05, 3.63) is 23.3 Å². The number of fused-ring (bicyclic) bond motifs is 1. The molecule has 2 N–H and O–H groups in total. The Balaban J connectivity index is 2.23. The van der Waals surface area contributed by atoms with Crippen molar-refractivity contribution < 1.29 is 14.3 Å². The van der Waals surface area contributed by atoms with E-state index in [9.17, 15) is 4.79 Å². The lowest BCUT2D eigenvalue weighted by molar-refractivity contribution is 0.186. The predicted molar refractivity (Wildman–Crippen MR) is 83.1 cm³/mol. The average Bonchev–Trinajstić information content (AvgIpc) is 2.52. The van der Waals surface area contributed by atoms with Gasteiger partial charge in [0.2, 0.25) is 0 Å². The van der Waals surface area contributed by atoms with Gasteiger partial charge in [0.05, 0.1) is 19.9 Å². The van der Waals surface area contributed by atoms with Crippen molar-refractivity contribution in [3.8, 4) is 5.75 Å². The lowest BCUT2D eigenvalue weighted by Crippen LogP contribution is -2.35. The SMILES string of the molecule is CCCN[C@H]1CCc2c(ccc(OC)c2NC(=O)OC)C1. The maximum absolute atomic E-state index is 11.5. The second-order valence-electron chi connectivity index (χ2n) is 5.29. The summed E-state index contributed by atoms with van der Waals surface area (Å²) in [6.07, 6.45) is 3.65. The van der Waals surface area contributed by atoms with Gasteiger partial charge in [-0.15, -0.1) is 0 Å². The van der Waals surface area contributed by atoms with Crippen molar-refractivity contribution in [2.24, 2.45) is 0 Å². The third-order valence-corrected chi connectivity index (χ3v) is 3.90. The van der Waals surface area contributed by atoms with Crippen molar-refractivity contribution in [3.63, 3.8) is 0 Å². The van der Waals surface area contributed by atoms with Crippen LogP contribution in [0.25, 0.3) is 0 Å². The summed E-state index contributed by atoms with van der Waals surface area (Å²) in [5.74, 6) is 0.680. The molecule has 0 aromatic heterocycles. The molecule has 116 valence electrons. The third kappa shape index (κ3) is 3.67. The van der Waals surface area contributed by atoms with Crippen LogP contribution in [-0.2, 0) is 17.6 Å². The second-order valence-corrected chi connectivity index (χ2v) is 5.29. The van der Waals surface area contributed by atoms with Crippen molar-refractivity contribution in [2.45, 2.75) is 38.6 Å². The number of benzene rings is 1. The minimum Gasteiger partial charge on any atom is -0.495 e. The van der Waals surface area contributed by atoms with Gasteiger partial charge in [-0.05, 0) is 49.4 Å². The summed E-state index contributed by atoms with van der Waals surface area (Å²) in [4.78, 5) is 11.5. The van der Waals surface area contributed by atoms with Gasteiger partial charge in [0.25, 0.3) is 0 Å². The zero-order chi connectivity index (χ0) is 15.2. The maximum Gasteiger partial charge on any atom is 0.411 e. The number of hydrogen-bond acceptors (Lipinski definition) is 4. The fraction of sp³-hybridized carbons (Fsp3) is 0.562. The molecule has 1 amide bonds. The van der Waals surface area contributed by atoms with Gasteiger partial charge < -0.3 is 14.8 Å². The number of anilines is 1. The normalized spacial score (nSPS) is 17.0. The molecular weight excluding hydrogens is 268 g/mol. The molecule has 1 atom stereocenters. The Bertz CT molecular complexity index is 503. The van der Waals surface area contributed by atoms with Crippen LogP contribution in [0.2, 0.25) is 0 Å². The Morgan fingerprint density at radius 2 is 2.19 bits per heavy atom. The maximum atomic E-state index is 11.5. The molecule has 0 aliphatic heterocycles. The number of carbonyl (C=O) groups is 1. The van der Waals surface area contributed by atoms with E-state index in [-0.39, 0.29) is 0 Å². The van der Waals surface area contributed by atoms with Crippen molar-refractivity contribution in [1.82, 2.24) is 5.32 Å². The Morgan fingerprint density at radius 1 is 1.38 bits per heavy atom. The Labute approximate surface area is 126 Å². The molecule has 0 fully saturated rings. The summed E-state index contributed by atoms with van der Waals surface area (Å²) >= 11 is 0. The highest BCUT2D eigenvalue weighted by Gasteiger charge is 2.23. The van der Waals surface area contributed by atoms with Crippen LogP contribution in [-0.4, -0.2) is 32.9 Å². The van der Waals surface area contributed by atoms with E-state index in [0.29, 0.717) is 11.8 Å². The standard InChI is InChI=1S/C16H24N2O3/c1-4-9-17-12-6-7-13-11(10-12)5-8-14(20-2)15(13)18-16(19)21-3/h5,8,12,17H,4,6-7,9-10H2,1-3H3,(H,18,19)/t12-/m0/s1. The van der Waals surface area contributed by atoms with E-state index < -0.39 is 6.09 Å². The van der Waals surface area contributed by atoms with Crippen LogP contribution in [0, 0.1) is 0 Å². The first-order valence-electron chi connectivity index (χ1n) is 7.46. The van der Waals surface area contributed by atoms with Crippen molar-refractivity contribution in [2.75, 3.05) is 26.1 Å². The summed E-state index contributed by atoms with van der Waals surface area (Å²) in [6, 6.07) is 4.51. The summed E-state index contributed by atoms with van der Waals surface area (Å²) in [7, 11) is 2.97. The topological polar surface area (TPSA) is 59.6 Å². The van der Waals surface area contributed by atoms with Gasteiger partial charge in [-0.25, -0.2) is 4.79 Å². The Hall–Kier alpha value is -1.75. The van der Waals surface area contributed by atoms with Crippen molar-refractivity contribution in [1.29, 1.82) is 0 Å². The first kappa shape index (κ1) is 15.6. The van der Waals surface area contributed by atoms with Crippen LogP contribution in [0.5, 0.6) is 5.75 Å². The van der Waals surface area contributed by atoms with E-state index >= 15 is 0 Å². The van der Waals surface area contributed by atoms with Gasteiger partial charge in [-0.2, -0.15) is 0 Å². The van der Waals surface area contributed by atoms with Crippen LogP contribution < -0.4 is 15.4 Å². The lowest BCUT2D eigenvalue weighted by Gasteiger charge is -2.28. The van der Waals surface area contributed by atoms with E-state index in [1.165, 1.54) is 12.7 Å². The van der Waals surface area contributed by atoms with Crippen LogP contribution in [0.4, 0.5) is 10.5 Å². The molecule has 1 aromatic carbocycles. The Kier molecular flexibility index (Phi) is 5.44. The molecule has 21 heavy (non-hydrogen) atoms. The summed E-state index contributed by atoms with van der Waals surface area (Å²) < 4.78 is 10.1. The first-order valence-corrected chi connectivity index (χ1v) is 7.46. The minimum atomic E-state index is -0.465. The molecule has 0 bridgehead atoms. The van der Waals surface area contributed by atoms with Gasteiger partial charge in [-0.3, -0.25) is 5.32 Å². The number of methoxy groups -OCH3 is 2. The highest BCUT2D eigenvalue weighted by Crippen LogP contribution is 2.35. The molecule has 1 aliphatic carbocycles. The third-order valence-electron chi connectivity index (χ3n) is 3.90. The molecule has 2 rings (SSSR count). The summed E-state index contributed by atoms with van der Waals surface area (Å²) in [5, 5.41) is 6.36. The molecule has 5 nitrogen and oxygen atoms in total. The van der Waals surface area contributed by atoms with Gasteiger partial charge >= 0.3 is 6.09 Å². The summed E-state index contributed by atoms with van der Waals surface area (Å²) in [6.45, 7) is 3.22. The van der Waals surface area contributed by atoms with Crippen LogP contribution >= 0.6 is 0 Å². The van der Waals surface area contributed by atoms with E-state index in [4.69, 9.17) is 9.47 Å². The second kappa shape index (κ2) is 7.31. The quantitative estimate of drug-likeness (QED) is 0.876. The van der Waals surface area contributed by atoms with Gasteiger partial charge in [-0.1, -0.05) is 13.0 Å². The first-order chi connectivity index (χ1) is 10.2. The van der Waals surface area contributed by atoms with Crippen LogP contribution in [0.3, 0.4) is 0 Å². The molecule has 1 aliphatic rings. The molecule has 0 radical (unpaired) electrons. The number of ether oxygens (including phenoxy) is 2. The number of hydrogen-bond donors (Lipinski definition) is 2. The highest BCUT2D eigenvalue weighted by atomic mass is 16.5. The largest absolute Gasteiger partial charge is 0.495 e.